The number of ether oxygens (including phenoxy) is 2. The van der Waals surface area contributed by atoms with E-state index in [1.165, 1.54) is 7.11 Å². The highest BCUT2D eigenvalue weighted by atomic mass is 35.5. The monoisotopic (exact) mass is 400 g/mol. The number of amides is 1. The predicted molar refractivity (Wildman–Crippen MR) is 106 cm³/mol. The molecule has 0 spiro atoms. The first-order chi connectivity index (χ1) is 13.6. The van der Waals surface area contributed by atoms with Crippen LogP contribution in [0.25, 0.3) is 5.82 Å². The summed E-state index contributed by atoms with van der Waals surface area (Å²) in [5.41, 5.74) is 1.31. The third-order valence-electron chi connectivity index (χ3n) is 3.97. The zero-order chi connectivity index (χ0) is 19.9. The van der Waals surface area contributed by atoms with Crippen LogP contribution in [0.4, 0.5) is 0 Å². The molecule has 0 aliphatic heterocycles. The van der Waals surface area contributed by atoms with E-state index in [-0.39, 0.29) is 5.91 Å². The topological polar surface area (TPSA) is 78.3 Å². The van der Waals surface area contributed by atoms with E-state index in [1.54, 1.807) is 41.6 Å². The lowest BCUT2D eigenvalue weighted by atomic mass is 10.1. The maximum Gasteiger partial charge on any atom is 0.251 e. The van der Waals surface area contributed by atoms with Crippen molar-refractivity contribution in [3.63, 3.8) is 0 Å². The molecule has 3 aromatic rings. The molecule has 1 N–H and O–H groups in total. The summed E-state index contributed by atoms with van der Waals surface area (Å²) < 4.78 is 12.7. The fourth-order valence-corrected chi connectivity index (χ4v) is 2.85. The molecule has 1 amide bonds. The first kappa shape index (κ1) is 19.7. The van der Waals surface area contributed by atoms with Crippen LogP contribution in [0.3, 0.4) is 0 Å². The van der Waals surface area contributed by atoms with Crippen LogP contribution in [0.5, 0.6) is 11.5 Å². The number of pyridine rings is 1. The van der Waals surface area contributed by atoms with Gasteiger partial charge in [-0.3, -0.25) is 9.36 Å². The Hall–Kier alpha value is -3.06. The molecule has 28 heavy (non-hydrogen) atoms. The van der Waals surface area contributed by atoms with Gasteiger partial charge in [0.25, 0.3) is 5.91 Å². The molecule has 0 saturated heterocycles. The highest BCUT2D eigenvalue weighted by Crippen LogP contribution is 2.36. The Morgan fingerprint density at radius 1 is 1.29 bits per heavy atom. The molecule has 0 bridgehead atoms. The Morgan fingerprint density at radius 2 is 2.14 bits per heavy atom. The summed E-state index contributed by atoms with van der Waals surface area (Å²) in [4.78, 5) is 20.9. The molecule has 0 fully saturated rings. The number of nitrogens with zero attached hydrogens (tertiary/aromatic N) is 3. The van der Waals surface area contributed by atoms with E-state index in [0.717, 1.165) is 17.8 Å². The van der Waals surface area contributed by atoms with E-state index in [9.17, 15) is 4.79 Å². The van der Waals surface area contributed by atoms with Gasteiger partial charge in [0, 0.05) is 30.7 Å². The van der Waals surface area contributed by atoms with Gasteiger partial charge < -0.3 is 14.8 Å². The predicted octanol–water partition coefficient (Wildman–Crippen LogP) is 3.65. The third kappa shape index (κ3) is 4.61. The van der Waals surface area contributed by atoms with Crippen LogP contribution in [0.2, 0.25) is 5.02 Å². The second-order valence-corrected chi connectivity index (χ2v) is 6.42. The Morgan fingerprint density at radius 3 is 2.86 bits per heavy atom. The number of halogens is 1. The van der Waals surface area contributed by atoms with E-state index in [0.29, 0.717) is 35.2 Å². The molecule has 0 unspecified atom stereocenters. The van der Waals surface area contributed by atoms with Crippen molar-refractivity contribution in [2.24, 2.45) is 0 Å². The van der Waals surface area contributed by atoms with Crippen LogP contribution in [0.1, 0.15) is 29.3 Å². The Labute approximate surface area is 168 Å². The molecule has 8 heteroatoms. The zero-order valence-corrected chi connectivity index (χ0v) is 16.4. The summed E-state index contributed by atoms with van der Waals surface area (Å²) in [5.74, 6) is 1.34. The van der Waals surface area contributed by atoms with E-state index < -0.39 is 0 Å². The number of hydrogen-bond donors (Lipinski definition) is 1. The summed E-state index contributed by atoms with van der Waals surface area (Å²) in [7, 11) is 1.51. The molecule has 0 atom stereocenters. The average molecular weight is 401 g/mol. The van der Waals surface area contributed by atoms with Crippen LogP contribution in [0, 0.1) is 0 Å². The summed E-state index contributed by atoms with van der Waals surface area (Å²) >= 11 is 6.29. The van der Waals surface area contributed by atoms with Gasteiger partial charge in [0.1, 0.15) is 12.1 Å². The molecule has 7 nitrogen and oxygen atoms in total. The summed E-state index contributed by atoms with van der Waals surface area (Å²) in [5, 5.41) is 3.22. The number of rotatable bonds is 8. The van der Waals surface area contributed by atoms with Crippen molar-refractivity contribution in [1.82, 2.24) is 19.9 Å². The first-order valence-electron chi connectivity index (χ1n) is 8.84. The molecule has 2 heterocycles. The number of imidazole rings is 1. The Kier molecular flexibility index (Phi) is 6.49. The van der Waals surface area contributed by atoms with Crippen LogP contribution >= 0.6 is 11.6 Å². The number of methoxy groups -OCH3 is 1. The standard InChI is InChI=1S/C20H21ClN4O3/c1-3-8-28-19-16(21)10-15(11-17(19)27-2)20(26)24-12-14-4-5-23-18(9-14)25-7-6-22-13-25/h4-7,9-11,13H,3,8,12H2,1-2H3,(H,24,26). The number of benzene rings is 1. The maximum atomic E-state index is 12.6. The summed E-state index contributed by atoms with van der Waals surface area (Å²) in [6.45, 7) is 2.86. The van der Waals surface area contributed by atoms with Crippen molar-refractivity contribution in [2.45, 2.75) is 19.9 Å². The molecule has 1 aromatic carbocycles. The van der Waals surface area contributed by atoms with Crippen LogP contribution in [0.15, 0.2) is 49.2 Å². The van der Waals surface area contributed by atoms with Crippen molar-refractivity contribution >= 4 is 17.5 Å². The van der Waals surface area contributed by atoms with Gasteiger partial charge in [-0.2, -0.15) is 0 Å². The third-order valence-corrected chi connectivity index (χ3v) is 4.25. The lowest BCUT2D eigenvalue weighted by Crippen LogP contribution is -2.23. The molecule has 0 radical (unpaired) electrons. The van der Waals surface area contributed by atoms with Crippen molar-refractivity contribution in [1.29, 1.82) is 0 Å². The van der Waals surface area contributed by atoms with Crippen LogP contribution < -0.4 is 14.8 Å². The van der Waals surface area contributed by atoms with Gasteiger partial charge in [-0.1, -0.05) is 18.5 Å². The Bertz CT molecular complexity index is 945. The fourth-order valence-electron chi connectivity index (χ4n) is 2.59. The molecular weight excluding hydrogens is 380 g/mol. The molecule has 2 aromatic heterocycles. The van der Waals surface area contributed by atoms with Gasteiger partial charge in [0.2, 0.25) is 0 Å². The molecule has 0 saturated carbocycles. The van der Waals surface area contributed by atoms with Gasteiger partial charge in [-0.25, -0.2) is 9.97 Å². The first-order valence-corrected chi connectivity index (χ1v) is 9.22. The number of aromatic nitrogens is 3. The van der Waals surface area contributed by atoms with Crippen molar-refractivity contribution in [3.8, 4) is 17.3 Å². The lowest BCUT2D eigenvalue weighted by Gasteiger charge is -2.14. The van der Waals surface area contributed by atoms with E-state index in [2.05, 4.69) is 15.3 Å². The smallest absolute Gasteiger partial charge is 0.251 e. The minimum Gasteiger partial charge on any atom is -0.493 e. The van der Waals surface area contributed by atoms with Crippen LogP contribution in [-0.4, -0.2) is 34.2 Å². The second-order valence-electron chi connectivity index (χ2n) is 6.01. The largest absolute Gasteiger partial charge is 0.493 e. The normalized spacial score (nSPS) is 10.5. The molecule has 0 aliphatic carbocycles. The SMILES string of the molecule is CCCOc1c(Cl)cc(C(=O)NCc2ccnc(-n3ccnc3)c2)cc1OC. The second kappa shape index (κ2) is 9.23. The van der Waals surface area contributed by atoms with Gasteiger partial charge >= 0.3 is 0 Å². The minimum atomic E-state index is -0.261. The van der Waals surface area contributed by atoms with Crippen LogP contribution in [-0.2, 0) is 6.54 Å². The van der Waals surface area contributed by atoms with E-state index in [4.69, 9.17) is 21.1 Å². The van der Waals surface area contributed by atoms with Gasteiger partial charge in [-0.15, -0.1) is 0 Å². The molecule has 146 valence electrons. The average Bonchev–Trinajstić information content (AvgIpc) is 3.25. The highest BCUT2D eigenvalue weighted by Gasteiger charge is 2.16. The quantitative estimate of drug-likeness (QED) is 0.624. The molecule has 0 aliphatic rings. The maximum absolute atomic E-state index is 12.6. The summed E-state index contributed by atoms with van der Waals surface area (Å²) in [6, 6.07) is 6.93. The number of carbonyl (C=O) groups excluding carboxylic acids is 1. The number of nitrogens with one attached hydrogen (secondary N) is 1. The highest BCUT2D eigenvalue weighted by molar-refractivity contribution is 6.32. The Balaban J connectivity index is 1.71. The van der Waals surface area contributed by atoms with E-state index >= 15 is 0 Å². The van der Waals surface area contributed by atoms with Gasteiger partial charge in [0.15, 0.2) is 11.5 Å². The molecular formula is C20H21ClN4O3. The van der Waals surface area contributed by atoms with Crippen molar-refractivity contribution < 1.29 is 14.3 Å². The van der Waals surface area contributed by atoms with Gasteiger partial charge in [-0.05, 0) is 36.2 Å². The lowest BCUT2D eigenvalue weighted by molar-refractivity contribution is 0.0950. The zero-order valence-electron chi connectivity index (χ0n) is 15.7. The number of hydrogen-bond acceptors (Lipinski definition) is 5. The van der Waals surface area contributed by atoms with Gasteiger partial charge in [0.05, 0.1) is 18.7 Å². The number of carbonyl (C=O) groups is 1. The van der Waals surface area contributed by atoms with Crippen molar-refractivity contribution in [2.75, 3.05) is 13.7 Å². The molecule has 3 rings (SSSR count). The fraction of sp³-hybridized carbons (Fsp3) is 0.250. The van der Waals surface area contributed by atoms with Crippen molar-refractivity contribution in [3.05, 3.63) is 65.3 Å². The van der Waals surface area contributed by atoms with E-state index in [1.807, 2.05) is 19.1 Å². The summed E-state index contributed by atoms with van der Waals surface area (Å²) in [6.07, 6.45) is 7.69. The minimum absolute atomic E-state index is 0.261.